The number of aliphatic hydroxyl groups is 1. The Morgan fingerprint density at radius 1 is 1.39 bits per heavy atom. The molecule has 2 unspecified atom stereocenters. The van der Waals surface area contributed by atoms with Gasteiger partial charge in [0.25, 0.3) is 0 Å². The normalized spacial score (nSPS) is 19.0. The molecule has 2 aromatic rings. The van der Waals surface area contributed by atoms with Crippen molar-refractivity contribution in [1.29, 1.82) is 0 Å². The van der Waals surface area contributed by atoms with E-state index in [1.807, 2.05) is 13.2 Å². The zero-order valence-corrected chi connectivity index (χ0v) is 12.8. The quantitative estimate of drug-likeness (QED) is 0.847. The van der Waals surface area contributed by atoms with Crippen molar-refractivity contribution in [2.45, 2.75) is 31.4 Å². The third-order valence-corrected chi connectivity index (χ3v) is 4.13. The van der Waals surface area contributed by atoms with Gasteiger partial charge in [-0.1, -0.05) is 0 Å². The van der Waals surface area contributed by atoms with Gasteiger partial charge in [-0.05, 0) is 19.3 Å². The second-order valence-corrected chi connectivity index (χ2v) is 5.75. The Kier molecular flexibility index (Phi) is 4.24. The Morgan fingerprint density at radius 2 is 2.22 bits per heavy atom. The number of aromatic carboxylic acids is 1. The van der Waals surface area contributed by atoms with Gasteiger partial charge in [-0.15, -0.1) is 0 Å². The number of aromatic nitrogens is 4. The van der Waals surface area contributed by atoms with Crippen LogP contribution in [0.5, 0.6) is 0 Å². The molecule has 0 aromatic carbocycles. The van der Waals surface area contributed by atoms with Gasteiger partial charge >= 0.3 is 5.97 Å². The van der Waals surface area contributed by atoms with Crippen molar-refractivity contribution in [3.63, 3.8) is 0 Å². The first kappa shape index (κ1) is 15.4. The van der Waals surface area contributed by atoms with Gasteiger partial charge in [-0.2, -0.15) is 5.10 Å². The van der Waals surface area contributed by atoms with E-state index in [2.05, 4.69) is 20.0 Å². The smallest absolute Gasteiger partial charge is 0.356 e. The first-order chi connectivity index (χ1) is 11.0. The lowest BCUT2D eigenvalue weighted by Crippen LogP contribution is -2.31. The van der Waals surface area contributed by atoms with Gasteiger partial charge in [0.2, 0.25) is 0 Å². The minimum absolute atomic E-state index is 0.0695. The number of rotatable bonds is 5. The molecule has 1 aliphatic heterocycles. The molecule has 1 aliphatic rings. The number of carboxylic acid groups (broad SMARTS) is 1. The minimum atomic E-state index is -1.09. The van der Waals surface area contributed by atoms with Crippen molar-refractivity contribution >= 4 is 11.8 Å². The van der Waals surface area contributed by atoms with Crippen LogP contribution in [-0.4, -0.2) is 48.5 Å². The highest BCUT2D eigenvalue weighted by atomic mass is 16.4. The molecule has 2 N–H and O–H groups in total. The molecule has 2 aromatic heterocycles. The van der Waals surface area contributed by atoms with E-state index in [1.165, 1.54) is 12.4 Å². The summed E-state index contributed by atoms with van der Waals surface area (Å²) >= 11 is 0. The maximum atomic E-state index is 10.8. The highest BCUT2D eigenvalue weighted by Crippen LogP contribution is 2.30. The summed E-state index contributed by atoms with van der Waals surface area (Å²) in [6.07, 6.45) is 8.20. The highest BCUT2D eigenvalue weighted by molar-refractivity contribution is 5.84. The van der Waals surface area contributed by atoms with Crippen LogP contribution in [0.25, 0.3) is 0 Å². The van der Waals surface area contributed by atoms with Crippen molar-refractivity contribution in [2.24, 2.45) is 7.05 Å². The molecule has 2 atom stereocenters. The third-order valence-electron chi connectivity index (χ3n) is 4.13. The van der Waals surface area contributed by atoms with E-state index < -0.39 is 12.1 Å². The zero-order chi connectivity index (χ0) is 16.4. The molecule has 122 valence electrons. The lowest BCUT2D eigenvalue weighted by atomic mass is 10.0. The molecular formula is C15H19N5O3. The fraction of sp³-hybridized carbons (Fsp3) is 0.467. The molecule has 0 saturated carbocycles. The van der Waals surface area contributed by atoms with Crippen LogP contribution in [-0.2, 0) is 7.05 Å². The highest BCUT2D eigenvalue weighted by Gasteiger charge is 2.28. The van der Waals surface area contributed by atoms with Gasteiger partial charge in [-0.25, -0.2) is 14.8 Å². The Balaban J connectivity index is 1.71. The molecule has 8 heteroatoms. The van der Waals surface area contributed by atoms with E-state index in [-0.39, 0.29) is 11.7 Å². The summed E-state index contributed by atoms with van der Waals surface area (Å²) in [7, 11) is 1.82. The van der Waals surface area contributed by atoms with Crippen LogP contribution < -0.4 is 4.90 Å². The number of anilines is 1. The molecule has 0 aliphatic carbocycles. The average Bonchev–Trinajstić information content (AvgIpc) is 3.16. The van der Waals surface area contributed by atoms with Gasteiger partial charge in [0.05, 0.1) is 24.7 Å². The first-order valence-corrected chi connectivity index (χ1v) is 7.53. The molecule has 1 fully saturated rings. The largest absolute Gasteiger partial charge is 0.476 e. The molecule has 0 spiro atoms. The molecule has 0 bridgehead atoms. The Bertz CT molecular complexity index is 685. The molecule has 3 heterocycles. The number of nitrogens with zero attached hydrogens (tertiary/aromatic N) is 5. The molecule has 3 rings (SSSR count). The molecule has 0 radical (unpaired) electrons. The summed E-state index contributed by atoms with van der Waals surface area (Å²) in [5.41, 5.74) is 0.728. The second-order valence-electron chi connectivity index (χ2n) is 5.75. The van der Waals surface area contributed by atoms with Crippen LogP contribution in [0.4, 0.5) is 5.82 Å². The number of hydrogen-bond donors (Lipinski definition) is 2. The van der Waals surface area contributed by atoms with Crippen molar-refractivity contribution in [1.82, 2.24) is 19.7 Å². The fourth-order valence-corrected chi connectivity index (χ4v) is 2.97. The molecule has 8 nitrogen and oxygen atoms in total. The summed E-state index contributed by atoms with van der Waals surface area (Å²) in [6.45, 7) is 0.825. The SMILES string of the molecule is Cn1cc(C(O)CC2CCCN2c2cnc(C(=O)O)cn2)cn1. The van der Waals surface area contributed by atoms with E-state index in [0.29, 0.717) is 12.2 Å². The average molecular weight is 317 g/mol. The summed E-state index contributed by atoms with van der Waals surface area (Å²) in [5.74, 6) is -0.440. The van der Waals surface area contributed by atoms with Crippen molar-refractivity contribution in [2.75, 3.05) is 11.4 Å². The van der Waals surface area contributed by atoms with E-state index in [1.54, 1.807) is 10.9 Å². The number of hydrogen-bond acceptors (Lipinski definition) is 6. The Morgan fingerprint density at radius 3 is 2.83 bits per heavy atom. The van der Waals surface area contributed by atoms with Crippen LogP contribution in [0, 0.1) is 0 Å². The number of carboxylic acids is 1. The predicted octanol–water partition coefficient (Wildman–Crippen LogP) is 1.00. The summed E-state index contributed by atoms with van der Waals surface area (Å²) in [5, 5.41) is 23.3. The number of aliphatic hydroxyl groups excluding tert-OH is 1. The summed E-state index contributed by atoms with van der Waals surface area (Å²) in [6, 6.07) is 0.148. The van der Waals surface area contributed by atoms with E-state index >= 15 is 0 Å². The van der Waals surface area contributed by atoms with Crippen LogP contribution in [0.15, 0.2) is 24.8 Å². The van der Waals surface area contributed by atoms with Crippen molar-refractivity contribution in [3.05, 3.63) is 36.0 Å². The lowest BCUT2D eigenvalue weighted by Gasteiger charge is -2.27. The second kappa shape index (κ2) is 6.33. The number of carbonyl (C=O) groups is 1. The Labute approximate surface area is 133 Å². The van der Waals surface area contributed by atoms with E-state index in [4.69, 9.17) is 5.11 Å². The maximum Gasteiger partial charge on any atom is 0.356 e. The van der Waals surface area contributed by atoms with Crippen molar-refractivity contribution in [3.8, 4) is 0 Å². The molecule has 23 heavy (non-hydrogen) atoms. The monoisotopic (exact) mass is 317 g/mol. The van der Waals surface area contributed by atoms with Crippen LogP contribution in [0.2, 0.25) is 0 Å². The fourth-order valence-electron chi connectivity index (χ4n) is 2.97. The van der Waals surface area contributed by atoms with Gasteiger partial charge in [0.1, 0.15) is 5.82 Å². The van der Waals surface area contributed by atoms with Gasteiger partial charge in [-0.3, -0.25) is 4.68 Å². The van der Waals surface area contributed by atoms with Crippen LogP contribution in [0.1, 0.15) is 41.4 Å². The minimum Gasteiger partial charge on any atom is -0.476 e. The Hall–Kier alpha value is -2.48. The topological polar surface area (TPSA) is 104 Å². The van der Waals surface area contributed by atoms with Crippen molar-refractivity contribution < 1.29 is 15.0 Å². The van der Waals surface area contributed by atoms with Gasteiger partial charge in [0.15, 0.2) is 5.69 Å². The van der Waals surface area contributed by atoms with Gasteiger partial charge in [0, 0.05) is 31.4 Å². The first-order valence-electron chi connectivity index (χ1n) is 7.53. The van der Waals surface area contributed by atoms with E-state index in [9.17, 15) is 9.90 Å². The third kappa shape index (κ3) is 3.31. The lowest BCUT2D eigenvalue weighted by molar-refractivity contribution is 0.0690. The van der Waals surface area contributed by atoms with Crippen LogP contribution >= 0.6 is 0 Å². The zero-order valence-electron chi connectivity index (χ0n) is 12.8. The van der Waals surface area contributed by atoms with Crippen LogP contribution in [0.3, 0.4) is 0 Å². The number of aryl methyl sites for hydroxylation is 1. The maximum absolute atomic E-state index is 10.8. The molecule has 1 saturated heterocycles. The van der Waals surface area contributed by atoms with E-state index in [0.717, 1.165) is 24.9 Å². The standard InChI is InChI=1S/C15H19N5O3/c1-19-9-10(6-18-19)13(21)5-11-3-2-4-20(11)14-8-16-12(7-17-14)15(22)23/h6-9,11,13,21H,2-5H2,1H3,(H,22,23). The molecule has 0 amide bonds. The van der Waals surface area contributed by atoms with Gasteiger partial charge < -0.3 is 15.1 Å². The molecular weight excluding hydrogens is 298 g/mol. The predicted molar refractivity (Wildman–Crippen MR) is 82.1 cm³/mol. The summed E-state index contributed by atoms with van der Waals surface area (Å²) < 4.78 is 1.67. The summed E-state index contributed by atoms with van der Waals surface area (Å²) in [4.78, 5) is 21.0.